The van der Waals surface area contributed by atoms with Crippen LogP contribution in [0.25, 0.3) is 0 Å². The maximum atomic E-state index is 13.5. The molecule has 0 aliphatic carbocycles. The fourth-order valence-electron chi connectivity index (χ4n) is 5.04. The Bertz CT molecular complexity index is 1180. The molecule has 180 valence electrons. The summed E-state index contributed by atoms with van der Waals surface area (Å²) in [4.78, 5) is 34.1. The molecule has 34 heavy (non-hydrogen) atoms. The third-order valence-electron chi connectivity index (χ3n) is 6.82. The van der Waals surface area contributed by atoms with Crippen molar-refractivity contribution < 1.29 is 18.0 Å². The summed E-state index contributed by atoms with van der Waals surface area (Å²) in [5, 5.41) is 2.85. The van der Waals surface area contributed by atoms with Crippen LogP contribution in [0, 0.1) is 0 Å². The van der Waals surface area contributed by atoms with Crippen LogP contribution in [0.5, 0.6) is 0 Å². The zero-order chi connectivity index (χ0) is 23.7. The summed E-state index contributed by atoms with van der Waals surface area (Å²) in [6.45, 7) is 1.90. The van der Waals surface area contributed by atoms with Crippen molar-refractivity contribution in [2.45, 2.75) is 49.6 Å². The van der Waals surface area contributed by atoms with Crippen molar-refractivity contribution in [2.75, 3.05) is 36.0 Å². The van der Waals surface area contributed by atoms with Gasteiger partial charge in [-0.25, -0.2) is 8.42 Å². The molecule has 2 amide bonds. The second-order valence-corrected chi connectivity index (χ2v) is 11.0. The SMILES string of the molecule is O=C(CN1C(=O)[C@@H]2CCCCN2c2ccc(S(=O)(=O)N3CCCC3)cc21)NCc1cccnc1. The standard InChI is InChI=1S/C24H29N5O4S/c30-23(26-16-18-6-5-10-25-15-18)17-29-22-14-19(34(32,33)27-11-3-4-12-27)8-9-20(22)28-13-2-1-7-21(28)24(29)31/h5-6,8-10,14-15,21H,1-4,7,11-13,16-17H2,(H,26,30)/t21-/m0/s1. The Kier molecular flexibility index (Phi) is 6.26. The highest BCUT2D eigenvalue weighted by molar-refractivity contribution is 7.89. The third kappa shape index (κ3) is 4.27. The number of anilines is 2. The monoisotopic (exact) mass is 483 g/mol. The lowest BCUT2D eigenvalue weighted by molar-refractivity contribution is -0.125. The van der Waals surface area contributed by atoms with Gasteiger partial charge < -0.3 is 10.2 Å². The van der Waals surface area contributed by atoms with E-state index >= 15 is 0 Å². The van der Waals surface area contributed by atoms with Crippen molar-refractivity contribution >= 4 is 33.2 Å². The molecule has 3 aliphatic heterocycles. The van der Waals surface area contributed by atoms with E-state index in [1.54, 1.807) is 36.7 Å². The number of sulfonamides is 1. The highest BCUT2D eigenvalue weighted by atomic mass is 32.2. The van der Waals surface area contributed by atoms with Gasteiger partial charge in [-0.2, -0.15) is 4.31 Å². The van der Waals surface area contributed by atoms with Gasteiger partial charge in [0.15, 0.2) is 0 Å². The van der Waals surface area contributed by atoms with E-state index in [1.807, 2.05) is 6.07 Å². The molecule has 2 fully saturated rings. The first kappa shape index (κ1) is 22.8. The number of benzene rings is 1. The largest absolute Gasteiger partial charge is 0.358 e. The van der Waals surface area contributed by atoms with Gasteiger partial charge in [0.2, 0.25) is 21.8 Å². The van der Waals surface area contributed by atoms with E-state index < -0.39 is 10.0 Å². The molecule has 1 aromatic carbocycles. The lowest BCUT2D eigenvalue weighted by atomic mass is 9.96. The average molecular weight is 484 g/mol. The van der Waals surface area contributed by atoms with Crippen LogP contribution in [-0.4, -0.2) is 61.7 Å². The minimum absolute atomic E-state index is 0.153. The van der Waals surface area contributed by atoms with E-state index in [0.717, 1.165) is 49.9 Å². The van der Waals surface area contributed by atoms with Crippen LogP contribution in [-0.2, 0) is 26.2 Å². The van der Waals surface area contributed by atoms with Crippen LogP contribution in [0.1, 0.15) is 37.7 Å². The van der Waals surface area contributed by atoms with Gasteiger partial charge in [-0.1, -0.05) is 6.07 Å². The summed E-state index contributed by atoms with van der Waals surface area (Å²) in [6, 6.07) is 8.34. The van der Waals surface area contributed by atoms with E-state index in [0.29, 0.717) is 25.3 Å². The lowest BCUT2D eigenvalue weighted by Gasteiger charge is -2.45. The molecule has 1 aromatic heterocycles. The Hall–Kier alpha value is -2.98. The molecular weight excluding hydrogens is 454 g/mol. The number of pyridine rings is 1. The zero-order valence-electron chi connectivity index (χ0n) is 19.0. The van der Waals surface area contributed by atoms with E-state index in [2.05, 4.69) is 15.2 Å². The van der Waals surface area contributed by atoms with E-state index in [4.69, 9.17) is 0 Å². The molecule has 2 saturated heterocycles. The van der Waals surface area contributed by atoms with Crippen LogP contribution < -0.4 is 15.1 Å². The molecule has 0 bridgehead atoms. The average Bonchev–Trinajstić information content (AvgIpc) is 3.42. The maximum absolute atomic E-state index is 13.5. The number of nitrogens with one attached hydrogen (secondary N) is 1. The minimum Gasteiger partial charge on any atom is -0.358 e. The van der Waals surface area contributed by atoms with Crippen molar-refractivity contribution in [3.63, 3.8) is 0 Å². The number of amides is 2. The van der Waals surface area contributed by atoms with Crippen LogP contribution in [0.15, 0.2) is 47.6 Å². The Morgan fingerprint density at radius 2 is 1.85 bits per heavy atom. The number of carbonyl (C=O) groups is 2. The summed E-state index contributed by atoms with van der Waals surface area (Å²) in [7, 11) is -3.65. The van der Waals surface area contributed by atoms with E-state index in [9.17, 15) is 18.0 Å². The molecule has 0 unspecified atom stereocenters. The van der Waals surface area contributed by atoms with Gasteiger partial charge in [-0.3, -0.25) is 19.5 Å². The topological polar surface area (TPSA) is 103 Å². The van der Waals surface area contributed by atoms with Crippen LogP contribution in [0.2, 0.25) is 0 Å². The molecule has 0 saturated carbocycles. The first-order chi connectivity index (χ1) is 16.4. The van der Waals surface area contributed by atoms with Crippen LogP contribution >= 0.6 is 0 Å². The Balaban J connectivity index is 1.45. The van der Waals surface area contributed by atoms with Crippen LogP contribution in [0.4, 0.5) is 11.4 Å². The number of rotatable bonds is 6. The van der Waals surface area contributed by atoms with Crippen molar-refractivity contribution in [3.8, 4) is 0 Å². The quantitative estimate of drug-likeness (QED) is 0.673. The van der Waals surface area contributed by atoms with Gasteiger partial charge in [0, 0.05) is 38.6 Å². The Morgan fingerprint density at radius 1 is 1.06 bits per heavy atom. The minimum atomic E-state index is -3.65. The van der Waals surface area contributed by atoms with Crippen LogP contribution in [0.3, 0.4) is 0 Å². The number of piperidine rings is 1. The first-order valence-corrected chi connectivity index (χ1v) is 13.3. The second kappa shape index (κ2) is 9.34. The van der Waals surface area contributed by atoms with E-state index in [1.165, 1.54) is 9.21 Å². The molecular formula is C24H29N5O4S. The molecule has 4 heterocycles. The Morgan fingerprint density at radius 3 is 2.62 bits per heavy atom. The number of fused-ring (bicyclic) bond motifs is 3. The molecule has 3 aliphatic rings. The number of hydrogen-bond acceptors (Lipinski definition) is 6. The summed E-state index contributed by atoms with van der Waals surface area (Å²) < 4.78 is 27.9. The van der Waals surface area contributed by atoms with Gasteiger partial charge in [0.1, 0.15) is 12.6 Å². The normalized spacial score (nSPS) is 20.7. The van der Waals surface area contributed by atoms with Gasteiger partial charge in [0.05, 0.1) is 16.3 Å². The molecule has 1 atom stereocenters. The number of aromatic nitrogens is 1. The maximum Gasteiger partial charge on any atom is 0.250 e. The predicted molar refractivity (Wildman–Crippen MR) is 128 cm³/mol. The van der Waals surface area contributed by atoms with Crippen molar-refractivity contribution in [1.82, 2.24) is 14.6 Å². The lowest BCUT2D eigenvalue weighted by Crippen LogP contribution is -2.57. The van der Waals surface area contributed by atoms with Crippen molar-refractivity contribution in [1.29, 1.82) is 0 Å². The molecule has 0 spiro atoms. The summed E-state index contributed by atoms with van der Waals surface area (Å²) in [5.41, 5.74) is 2.16. The summed E-state index contributed by atoms with van der Waals surface area (Å²) in [6.07, 6.45) is 7.69. The predicted octanol–water partition coefficient (Wildman–Crippen LogP) is 1.89. The van der Waals surface area contributed by atoms with E-state index in [-0.39, 0.29) is 29.3 Å². The van der Waals surface area contributed by atoms with Gasteiger partial charge >= 0.3 is 0 Å². The zero-order valence-corrected chi connectivity index (χ0v) is 19.8. The number of nitrogens with zero attached hydrogens (tertiary/aromatic N) is 4. The molecule has 10 heteroatoms. The highest BCUT2D eigenvalue weighted by Gasteiger charge is 2.41. The summed E-state index contributed by atoms with van der Waals surface area (Å²) >= 11 is 0. The first-order valence-electron chi connectivity index (χ1n) is 11.8. The summed E-state index contributed by atoms with van der Waals surface area (Å²) in [5.74, 6) is -0.459. The van der Waals surface area contributed by atoms with Crippen molar-refractivity contribution in [3.05, 3.63) is 48.3 Å². The van der Waals surface area contributed by atoms with Crippen molar-refractivity contribution in [2.24, 2.45) is 0 Å². The smallest absolute Gasteiger partial charge is 0.250 e. The van der Waals surface area contributed by atoms with Gasteiger partial charge in [-0.05, 0) is 61.9 Å². The highest BCUT2D eigenvalue weighted by Crippen LogP contribution is 2.41. The molecule has 1 N–H and O–H groups in total. The number of hydrogen-bond donors (Lipinski definition) is 1. The fourth-order valence-corrected chi connectivity index (χ4v) is 6.58. The second-order valence-electron chi connectivity index (χ2n) is 9.03. The fraction of sp³-hybridized carbons (Fsp3) is 0.458. The number of carbonyl (C=O) groups excluding carboxylic acids is 2. The molecule has 2 aromatic rings. The third-order valence-corrected chi connectivity index (χ3v) is 8.71. The molecule has 9 nitrogen and oxygen atoms in total. The molecule has 5 rings (SSSR count). The molecule has 0 radical (unpaired) electrons. The van der Waals surface area contributed by atoms with Gasteiger partial charge in [-0.15, -0.1) is 0 Å². The van der Waals surface area contributed by atoms with Gasteiger partial charge in [0.25, 0.3) is 0 Å². The Labute approximate surface area is 199 Å².